The van der Waals surface area contributed by atoms with Gasteiger partial charge in [0.25, 0.3) is 0 Å². The first-order valence-corrected chi connectivity index (χ1v) is 7.50. The summed E-state index contributed by atoms with van der Waals surface area (Å²) in [6.07, 6.45) is 2.03. The van der Waals surface area contributed by atoms with Gasteiger partial charge < -0.3 is 0 Å². The molecule has 0 spiro atoms. The van der Waals surface area contributed by atoms with Gasteiger partial charge in [-0.25, -0.2) is 13.1 Å². The lowest BCUT2D eigenvalue weighted by Crippen LogP contribution is -2.14. The number of sulfone groups is 1. The Labute approximate surface area is 105 Å². The highest BCUT2D eigenvalue weighted by Crippen LogP contribution is 2.34. The van der Waals surface area contributed by atoms with Gasteiger partial charge in [-0.15, -0.1) is 5.10 Å². The molecule has 0 unspecified atom stereocenters. The molecule has 17 heavy (non-hydrogen) atoms. The molecule has 0 bridgehead atoms. The van der Waals surface area contributed by atoms with Crippen LogP contribution in [0.1, 0.15) is 31.6 Å². The Bertz CT molecular complexity index is 533. The lowest BCUT2D eigenvalue weighted by atomic mass is 10.4. The topological polar surface area (TPSA) is 77.7 Å². The van der Waals surface area contributed by atoms with Crippen LogP contribution in [0, 0.1) is 0 Å². The molecule has 0 N–H and O–H groups in total. The molecular formula is C9H13ClN4O2S. The number of nitrogens with zero attached hydrogens (tertiary/aromatic N) is 4. The van der Waals surface area contributed by atoms with E-state index in [1.165, 1.54) is 5.54 Å². The van der Waals surface area contributed by atoms with Crippen molar-refractivity contribution in [2.75, 3.05) is 5.75 Å². The molecule has 1 fully saturated rings. The summed E-state index contributed by atoms with van der Waals surface area (Å²) in [5, 5.41) is 11.1. The minimum absolute atomic E-state index is 0.0615. The van der Waals surface area contributed by atoms with Crippen molar-refractivity contribution in [1.82, 2.24) is 20.2 Å². The van der Waals surface area contributed by atoms with Crippen molar-refractivity contribution in [3.05, 3.63) is 16.9 Å². The van der Waals surface area contributed by atoms with Crippen LogP contribution in [0.15, 0.2) is 11.1 Å². The molecule has 1 saturated carbocycles. The molecule has 1 aliphatic carbocycles. The van der Waals surface area contributed by atoms with Crippen molar-refractivity contribution in [2.24, 2.45) is 0 Å². The predicted molar refractivity (Wildman–Crippen MR) is 63.2 cm³/mol. The second-order valence-electron chi connectivity index (χ2n) is 4.26. The van der Waals surface area contributed by atoms with Gasteiger partial charge in [0.05, 0.1) is 11.8 Å². The third kappa shape index (κ3) is 3.26. The SMILES string of the molecule is C/C(=C\Cl)CS(=O)(=O)Cc1nnnn1C1CC1. The van der Waals surface area contributed by atoms with Crippen molar-refractivity contribution in [3.63, 3.8) is 0 Å². The second kappa shape index (κ2) is 4.73. The van der Waals surface area contributed by atoms with Crippen molar-refractivity contribution in [2.45, 2.75) is 31.6 Å². The Morgan fingerprint density at radius 3 is 2.88 bits per heavy atom. The minimum atomic E-state index is -3.26. The highest BCUT2D eigenvalue weighted by molar-refractivity contribution is 7.90. The van der Waals surface area contributed by atoms with E-state index in [2.05, 4.69) is 15.5 Å². The maximum Gasteiger partial charge on any atom is 0.166 e. The van der Waals surface area contributed by atoms with Crippen LogP contribution in [0.2, 0.25) is 0 Å². The lowest BCUT2D eigenvalue weighted by Gasteiger charge is -2.04. The van der Waals surface area contributed by atoms with Crippen molar-refractivity contribution < 1.29 is 8.42 Å². The van der Waals surface area contributed by atoms with Crippen molar-refractivity contribution >= 4 is 21.4 Å². The van der Waals surface area contributed by atoms with E-state index in [0.717, 1.165) is 12.8 Å². The van der Waals surface area contributed by atoms with E-state index < -0.39 is 9.84 Å². The van der Waals surface area contributed by atoms with Gasteiger partial charge in [0, 0.05) is 5.54 Å². The van der Waals surface area contributed by atoms with E-state index in [4.69, 9.17) is 11.6 Å². The summed E-state index contributed by atoms with van der Waals surface area (Å²) < 4.78 is 25.3. The van der Waals surface area contributed by atoms with Gasteiger partial charge >= 0.3 is 0 Å². The average Bonchev–Trinajstić information content (AvgIpc) is 2.99. The highest BCUT2D eigenvalue weighted by atomic mass is 35.5. The van der Waals surface area contributed by atoms with Gasteiger partial charge in [0.15, 0.2) is 15.7 Å². The molecule has 1 aromatic heterocycles. The van der Waals surface area contributed by atoms with E-state index in [9.17, 15) is 8.42 Å². The van der Waals surface area contributed by atoms with Gasteiger partial charge in [-0.05, 0) is 35.8 Å². The summed E-state index contributed by atoms with van der Waals surface area (Å²) in [6.45, 7) is 1.68. The zero-order valence-corrected chi connectivity index (χ0v) is 10.9. The number of rotatable bonds is 5. The molecular weight excluding hydrogens is 264 g/mol. The van der Waals surface area contributed by atoms with Crippen LogP contribution in [0.25, 0.3) is 0 Å². The molecule has 0 atom stereocenters. The summed E-state index contributed by atoms with van der Waals surface area (Å²) in [7, 11) is -3.26. The van der Waals surface area contributed by atoms with Crippen LogP contribution in [-0.4, -0.2) is 34.4 Å². The summed E-state index contributed by atoms with van der Waals surface area (Å²) in [5.74, 6) is 0.210. The number of halogens is 1. The molecule has 1 aromatic rings. The molecule has 1 aliphatic rings. The molecule has 2 rings (SSSR count). The van der Waals surface area contributed by atoms with E-state index in [0.29, 0.717) is 11.4 Å². The molecule has 0 radical (unpaired) electrons. The van der Waals surface area contributed by atoms with E-state index >= 15 is 0 Å². The number of aromatic nitrogens is 4. The van der Waals surface area contributed by atoms with Crippen LogP contribution in [0.4, 0.5) is 0 Å². The average molecular weight is 277 g/mol. The Kier molecular flexibility index (Phi) is 3.48. The largest absolute Gasteiger partial charge is 0.228 e. The molecule has 0 aromatic carbocycles. The smallest absolute Gasteiger partial charge is 0.166 e. The fraction of sp³-hybridized carbons (Fsp3) is 0.667. The Balaban J connectivity index is 2.11. The standard InChI is InChI=1S/C9H13ClN4O2S/c1-7(4-10)5-17(15,16)6-9-11-12-13-14(9)8-2-3-8/h4,8H,2-3,5-6H2,1H3/b7-4+. The zero-order valence-electron chi connectivity index (χ0n) is 9.37. The molecule has 8 heteroatoms. The van der Waals surface area contributed by atoms with Crippen molar-refractivity contribution in [1.29, 1.82) is 0 Å². The van der Waals surface area contributed by atoms with E-state index in [1.54, 1.807) is 11.6 Å². The predicted octanol–water partition coefficient (Wildman–Crippen LogP) is 1.07. The van der Waals surface area contributed by atoms with E-state index in [-0.39, 0.29) is 17.5 Å². The summed E-state index contributed by atoms with van der Waals surface area (Å²) in [4.78, 5) is 0. The first kappa shape index (κ1) is 12.5. The van der Waals surface area contributed by atoms with Gasteiger partial charge in [0.2, 0.25) is 0 Å². The van der Waals surface area contributed by atoms with Crippen LogP contribution in [0.3, 0.4) is 0 Å². The Hall–Kier alpha value is -0.950. The van der Waals surface area contributed by atoms with Gasteiger partial charge in [0.1, 0.15) is 5.75 Å². The van der Waals surface area contributed by atoms with Crippen LogP contribution in [-0.2, 0) is 15.6 Å². The molecule has 1 heterocycles. The van der Waals surface area contributed by atoms with Crippen LogP contribution in [0.5, 0.6) is 0 Å². The fourth-order valence-electron chi connectivity index (χ4n) is 1.54. The fourth-order valence-corrected chi connectivity index (χ4v) is 3.17. The zero-order chi connectivity index (χ0) is 12.5. The Morgan fingerprint density at radius 1 is 1.59 bits per heavy atom. The number of hydrogen-bond acceptors (Lipinski definition) is 5. The molecule has 6 nitrogen and oxygen atoms in total. The maximum absolute atomic E-state index is 11.9. The summed E-state index contributed by atoms with van der Waals surface area (Å²) >= 11 is 5.46. The molecule has 0 amide bonds. The summed E-state index contributed by atoms with van der Waals surface area (Å²) in [6, 6.07) is 0.278. The molecule has 94 valence electrons. The highest BCUT2D eigenvalue weighted by Gasteiger charge is 2.29. The second-order valence-corrected chi connectivity index (χ2v) is 6.54. The van der Waals surface area contributed by atoms with Crippen molar-refractivity contribution in [3.8, 4) is 0 Å². The maximum atomic E-state index is 11.9. The minimum Gasteiger partial charge on any atom is -0.228 e. The van der Waals surface area contributed by atoms with Crippen LogP contribution >= 0.6 is 11.6 Å². The van der Waals surface area contributed by atoms with Gasteiger partial charge in [-0.3, -0.25) is 0 Å². The normalized spacial score (nSPS) is 17.4. The van der Waals surface area contributed by atoms with Crippen LogP contribution < -0.4 is 0 Å². The lowest BCUT2D eigenvalue weighted by molar-refractivity contribution is 0.575. The first-order valence-electron chi connectivity index (χ1n) is 5.25. The van der Waals surface area contributed by atoms with Gasteiger partial charge in [-0.2, -0.15) is 0 Å². The number of hydrogen-bond donors (Lipinski definition) is 0. The quantitative estimate of drug-likeness (QED) is 0.804. The third-order valence-electron chi connectivity index (χ3n) is 2.44. The monoisotopic (exact) mass is 276 g/mol. The molecule has 0 saturated heterocycles. The molecule has 0 aliphatic heterocycles. The van der Waals surface area contributed by atoms with E-state index in [1.807, 2.05) is 0 Å². The Morgan fingerprint density at radius 2 is 2.29 bits per heavy atom. The van der Waals surface area contributed by atoms with Gasteiger partial charge in [-0.1, -0.05) is 11.6 Å². The third-order valence-corrected chi connectivity index (χ3v) is 4.40. The number of tetrazole rings is 1. The first-order chi connectivity index (χ1) is 8.02. The summed E-state index contributed by atoms with van der Waals surface area (Å²) in [5.41, 5.74) is 1.89.